The normalized spacial score (nSPS) is 15.3. The van der Waals surface area contributed by atoms with Crippen molar-refractivity contribution in [2.75, 3.05) is 25.2 Å². The molecule has 1 fully saturated rings. The first-order valence-corrected chi connectivity index (χ1v) is 8.07. The van der Waals surface area contributed by atoms with Crippen LogP contribution in [0.15, 0.2) is 18.2 Å². The summed E-state index contributed by atoms with van der Waals surface area (Å²) >= 11 is 6.23. The quantitative estimate of drug-likeness (QED) is 0.828. The minimum absolute atomic E-state index is 0.105. The number of nitrogens with one attached hydrogen (secondary N) is 1. The van der Waals surface area contributed by atoms with Gasteiger partial charge in [0.25, 0.3) is 0 Å². The monoisotopic (exact) mass is 310 g/mol. The van der Waals surface area contributed by atoms with Gasteiger partial charge >= 0.3 is 0 Å². The maximum absolute atomic E-state index is 6.23. The number of hydrogen-bond acceptors (Lipinski definition) is 3. The molecule has 0 bridgehead atoms. The lowest BCUT2D eigenvalue weighted by molar-refractivity contribution is 0.205. The first-order valence-electron chi connectivity index (χ1n) is 7.70. The van der Waals surface area contributed by atoms with Gasteiger partial charge in [-0.1, -0.05) is 17.7 Å². The fourth-order valence-electron chi connectivity index (χ4n) is 2.39. The summed E-state index contributed by atoms with van der Waals surface area (Å²) in [6.07, 6.45) is 2.53. The second-order valence-electron chi connectivity index (χ2n) is 6.79. The molecule has 0 spiro atoms. The highest BCUT2D eigenvalue weighted by Crippen LogP contribution is 2.35. The standard InChI is InChI=1S/C17H27ClN2O/c1-17(2,3)19-12-13-5-6-14(18)11-16(13)20(9-10-21-4)15-7-8-15/h5-6,11,15,19H,7-10,12H2,1-4H3. The minimum Gasteiger partial charge on any atom is -0.383 e. The molecule has 118 valence electrons. The molecule has 0 aromatic heterocycles. The molecular weight excluding hydrogens is 284 g/mol. The molecule has 1 aromatic carbocycles. The minimum atomic E-state index is 0.105. The van der Waals surface area contributed by atoms with Crippen molar-refractivity contribution in [1.29, 1.82) is 0 Å². The summed E-state index contributed by atoms with van der Waals surface area (Å²) in [5.74, 6) is 0. The highest BCUT2D eigenvalue weighted by atomic mass is 35.5. The van der Waals surface area contributed by atoms with Crippen LogP contribution in [0.2, 0.25) is 5.02 Å². The molecule has 4 heteroatoms. The van der Waals surface area contributed by atoms with Crippen LogP contribution in [0.5, 0.6) is 0 Å². The van der Waals surface area contributed by atoms with E-state index in [9.17, 15) is 0 Å². The van der Waals surface area contributed by atoms with Gasteiger partial charge < -0.3 is 15.0 Å². The summed E-state index contributed by atoms with van der Waals surface area (Å²) in [4.78, 5) is 2.45. The van der Waals surface area contributed by atoms with Crippen LogP contribution in [0, 0.1) is 0 Å². The average molecular weight is 311 g/mol. The van der Waals surface area contributed by atoms with Gasteiger partial charge in [-0.05, 0) is 51.3 Å². The van der Waals surface area contributed by atoms with Crippen molar-refractivity contribution < 1.29 is 4.74 Å². The molecule has 0 amide bonds. The molecule has 0 radical (unpaired) electrons. The zero-order valence-corrected chi connectivity index (χ0v) is 14.3. The first-order chi connectivity index (χ1) is 9.90. The van der Waals surface area contributed by atoms with Crippen molar-refractivity contribution in [3.8, 4) is 0 Å². The largest absolute Gasteiger partial charge is 0.383 e. The molecule has 0 unspecified atom stereocenters. The van der Waals surface area contributed by atoms with Crippen molar-refractivity contribution in [2.45, 2.75) is 51.7 Å². The Morgan fingerprint density at radius 1 is 1.33 bits per heavy atom. The number of hydrogen-bond donors (Lipinski definition) is 1. The number of methoxy groups -OCH3 is 1. The van der Waals surface area contributed by atoms with E-state index in [1.807, 2.05) is 6.07 Å². The van der Waals surface area contributed by atoms with Gasteiger partial charge in [0, 0.05) is 42.5 Å². The molecule has 1 aromatic rings. The molecule has 3 nitrogen and oxygen atoms in total. The maximum Gasteiger partial charge on any atom is 0.0637 e. The second-order valence-corrected chi connectivity index (χ2v) is 7.23. The van der Waals surface area contributed by atoms with Gasteiger partial charge in [0.2, 0.25) is 0 Å². The van der Waals surface area contributed by atoms with Crippen LogP contribution in [0.4, 0.5) is 5.69 Å². The van der Waals surface area contributed by atoms with Crippen molar-refractivity contribution in [1.82, 2.24) is 5.32 Å². The number of nitrogens with zero attached hydrogens (tertiary/aromatic N) is 1. The zero-order valence-electron chi connectivity index (χ0n) is 13.6. The van der Waals surface area contributed by atoms with E-state index < -0.39 is 0 Å². The fourth-order valence-corrected chi connectivity index (χ4v) is 2.56. The van der Waals surface area contributed by atoms with Crippen LogP contribution in [-0.4, -0.2) is 31.8 Å². The predicted octanol–water partition coefficient (Wildman–Crippen LogP) is 3.84. The van der Waals surface area contributed by atoms with E-state index in [1.54, 1.807) is 7.11 Å². The van der Waals surface area contributed by atoms with Crippen LogP contribution in [0.3, 0.4) is 0 Å². The Morgan fingerprint density at radius 2 is 2.05 bits per heavy atom. The van der Waals surface area contributed by atoms with Gasteiger partial charge in [0.05, 0.1) is 6.61 Å². The molecule has 1 aliphatic rings. The van der Waals surface area contributed by atoms with E-state index in [4.69, 9.17) is 16.3 Å². The summed E-state index contributed by atoms with van der Waals surface area (Å²) in [7, 11) is 1.76. The Bertz CT molecular complexity index is 466. The molecule has 1 N–H and O–H groups in total. The Balaban J connectivity index is 2.20. The van der Waals surface area contributed by atoms with Gasteiger partial charge in [-0.25, -0.2) is 0 Å². The van der Waals surface area contributed by atoms with Gasteiger partial charge in [0.1, 0.15) is 0 Å². The van der Waals surface area contributed by atoms with Crippen LogP contribution in [0.25, 0.3) is 0 Å². The van der Waals surface area contributed by atoms with Gasteiger partial charge in [-0.3, -0.25) is 0 Å². The van der Waals surface area contributed by atoms with Crippen molar-refractivity contribution >= 4 is 17.3 Å². The Labute approximate surface area is 133 Å². The van der Waals surface area contributed by atoms with E-state index in [0.717, 1.165) is 24.7 Å². The van der Waals surface area contributed by atoms with Gasteiger partial charge in [-0.15, -0.1) is 0 Å². The summed E-state index contributed by atoms with van der Waals surface area (Å²) in [6.45, 7) is 9.08. The first kappa shape index (κ1) is 16.6. The molecule has 21 heavy (non-hydrogen) atoms. The number of halogens is 1. The van der Waals surface area contributed by atoms with Crippen molar-refractivity contribution in [3.63, 3.8) is 0 Å². The Hall–Kier alpha value is -0.770. The topological polar surface area (TPSA) is 24.5 Å². The van der Waals surface area contributed by atoms with E-state index in [0.29, 0.717) is 6.04 Å². The number of benzene rings is 1. The summed E-state index contributed by atoms with van der Waals surface area (Å²) in [5, 5.41) is 4.37. The number of anilines is 1. The lowest BCUT2D eigenvalue weighted by atomic mass is 10.1. The molecule has 0 heterocycles. The van der Waals surface area contributed by atoms with Crippen LogP contribution < -0.4 is 10.2 Å². The van der Waals surface area contributed by atoms with Gasteiger partial charge in [-0.2, -0.15) is 0 Å². The van der Waals surface area contributed by atoms with Gasteiger partial charge in [0.15, 0.2) is 0 Å². The predicted molar refractivity (Wildman–Crippen MR) is 90.3 cm³/mol. The smallest absolute Gasteiger partial charge is 0.0637 e. The summed E-state index contributed by atoms with van der Waals surface area (Å²) in [6, 6.07) is 6.85. The second kappa shape index (κ2) is 6.99. The molecule has 0 aliphatic heterocycles. The average Bonchev–Trinajstić information content (AvgIpc) is 3.22. The molecule has 1 aliphatic carbocycles. The summed E-state index contributed by atoms with van der Waals surface area (Å²) < 4.78 is 5.27. The molecule has 0 atom stereocenters. The highest BCUT2D eigenvalue weighted by Gasteiger charge is 2.30. The maximum atomic E-state index is 6.23. The number of ether oxygens (including phenoxy) is 1. The van der Waals surface area contributed by atoms with E-state index in [-0.39, 0.29) is 5.54 Å². The zero-order chi connectivity index (χ0) is 15.5. The third-order valence-electron chi connectivity index (χ3n) is 3.69. The van der Waals surface area contributed by atoms with Crippen molar-refractivity contribution in [2.24, 2.45) is 0 Å². The summed E-state index contributed by atoms with van der Waals surface area (Å²) in [5.41, 5.74) is 2.66. The third kappa shape index (κ3) is 5.17. The fraction of sp³-hybridized carbons (Fsp3) is 0.647. The van der Waals surface area contributed by atoms with Crippen LogP contribution >= 0.6 is 11.6 Å². The number of rotatable bonds is 7. The van der Waals surface area contributed by atoms with Crippen molar-refractivity contribution in [3.05, 3.63) is 28.8 Å². The SMILES string of the molecule is COCCN(c1cc(Cl)ccc1CNC(C)(C)C)C1CC1. The van der Waals surface area contributed by atoms with Crippen LogP contribution in [0.1, 0.15) is 39.2 Å². The molecule has 1 saturated carbocycles. The van der Waals surface area contributed by atoms with E-state index >= 15 is 0 Å². The van der Waals surface area contributed by atoms with Crippen LogP contribution in [-0.2, 0) is 11.3 Å². The third-order valence-corrected chi connectivity index (χ3v) is 3.93. The highest BCUT2D eigenvalue weighted by molar-refractivity contribution is 6.30. The molecular formula is C17H27ClN2O. The molecule has 2 rings (SSSR count). The Kier molecular flexibility index (Phi) is 5.53. The lowest BCUT2D eigenvalue weighted by Gasteiger charge is -2.29. The van der Waals surface area contributed by atoms with E-state index in [2.05, 4.69) is 43.1 Å². The Morgan fingerprint density at radius 3 is 2.62 bits per heavy atom. The lowest BCUT2D eigenvalue weighted by Crippen LogP contribution is -2.36. The van der Waals surface area contributed by atoms with E-state index in [1.165, 1.54) is 24.1 Å². The molecule has 0 saturated heterocycles.